The Morgan fingerprint density at radius 2 is 1.73 bits per heavy atom. The third-order valence-electron chi connectivity index (χ3n) is 3.75. The molecule has 15 heavy (non-hydrogen) atoms. The van der Waals surface area contributed by atoms with Gasteiger partial charge < -0.3 is 4.90 Å². The number of halogens is 1. The summed E-state index contributed by atoms with van der Waals surface area (Å²) in [5, 5.41) is 0. The lowest BCUT2D eigenvalue weighted by Gasteiger charge is -2.33. The van der Waals surface area contributed by atoms with E-state index < -0.39 is 0 Å². The first-order valence-corrected chi connectivity index (χ1v) is 7.03. The van der Waals surface area contributed by atoms with Crippen LogP contribution in [0.3, 0.4) is 0 Å². The fourth-order valence-electron chi connectivity index (χ4n) is 2.50. The van der Waals surface area contributed by atoms with E-state index in [0.29, 0.717) is 0 Å². The molecule has 0 spiro atoms. The Labute approximate surface area is 100 Å². The summed E-state index contributed by atoms with van der Waals surface area (Å²) in [5.74, 6) is 1.79. The van der Waals surface area contributed by atoms with E-state index in [4.69, 9.17) is 11.6 Å². The zero-order chi connectivity index (χ0) is 11.1. The van der Waals surface area contributed by atoms with E-state index in [0.717, 1.165) is 17.8 Å². The number of unbranched alkanes of at least 4 members (excludes halogenated alkanes) is 2. The molecule has 0 atom stereocenters. The minimum atomic E-state index is 0.824. The van der Waals surface area contributed by atoms with E-state index in [1.807, 2.05) is 0 Å². The molecule has 1 aliphatic rings. The van der Waals surface area contributed by atoms with Crippen LogP contribution in [0.2, 0.25) is 0 Å². The van der Waals surface area contributed by atoms with E-state index in [9.17, 15) is 0 Å². The van der Waals surface area contributed by atoms with E-state index in [1.54, 1.807) is 0 Å². The van der Waals surface area contributed by atoms with Gasteiger partial charge in [0.1, 0.15) is 0 Å². The van der Waals surface area contributed by atoms with Crippen LogP contribution < -0.4 is 0 Å². The van der Waals surface area contributed by atoms with Crippen molar-refractivity contribution in [1.82, 2.24) is 4.90 Å². The van der Waals surface area contributed by atoms with Crippen LogP contribution in [0.5, 0.6) is 0 Å². The molecular formula is C13H26ClN. The molecule has 0 N–H and O–H groups in total. The molecule has 0 radical (unpaired) electrons. The van der Waals surface area contributed by atoms with Crippen LogP contribution in [0, 0.1) is 5.92 Å². The highest BCUT2D eigenvalue weighted by molar-refractivity contribution is 6.17. The molecule has 0 aromatic carbocycles. The average Bonchev–Trinajstić information content (AvgIpc) is 2.25. The zero-order valence-electron chi connectivity index (χ0n) is 10.3. The second-order valence-corrected chi connectivity index (χ2v) is 5.52. The summed E-state index contributed by atoms with van der Waals surface area (Å²) in [6, 6.07) is 0.859. The first kappa shape index (κ1) is 13.3. The van der Waals surface area contributed by atoms with Crippen LogP contribution in [0.1, 0.15) is 51.9 Å². The highest BCUT2D eigenvalue weighted by Gasteiger charge is 2.20. The van der Waals surface area contributed by atoms with Gasteiger partial charge in [-0.15, -0.1) is 11.6 Å². The van der Waals surface area contributed by atoms with Crippen molar-refractivity contribution >= 4 is 11.6 Å². The molecule has 1 nitrogen and oxygen atoms in total. The Morgan fingerprint density at radius 3 is 2.33 bits per heavy atom. The van der Waals surface area contributed by atoms with Crippen molar-refractivity contribution in [2.45, 2.75) is 57.9 Å². The van der Waals surface area contributed by atoms with Gasteiger partial charge in [0.05, 0.1) is 0 Å². The molecule has 0 heterocycles. The van der Waals surface area contributed by atoms with E-state index >= 15 is 0 Å². The smallest absolute Gasteiger partial charge is 0.0223 e. The summed E-state index contributed by atoms with van der Waals surface area (Å²) >= 11 is 5.67. The lowest BCUT2D eigenvalue weighted by Crippen LogP contribution is -2.35. The minimum absolute atomic E-state index is 0.824. The summed E-state index contributed by atoms with van der Waals surface area (Å²) in [7, 11) is 2.29. The van der Waals surface area contributed by atoms with E-state index in [-0.39, 0.29) is 0 Å². The topological polar surface area (TPSA) is 3.24 Å². The molecule has 0 aromatic heterocycles. The number of alkyl halides is 1. The van der Waals surface area contributed by atoms with Crippen molar-refractivity contribution in [1.29, 1.82) is 0 Å². The molecule has 1 fully saturated rings. The van der Waals surface area contributed by atoms with Crippen LogP contribution in [0.15, 0.2) is 0 Å². The number of nitrogens with zero attached hydrogens (tertiary/aromatic N) is 1. The Kier molecular flexibility index (Phi) is 6.67. The SMILES string of the molecule is CC1CCC(N(C)CCCCCCl)CC1. The Morgan fingerprint density at radius 1 is 1.07 bits per heavy atom. The fraction of sp³-hybridized carbons (Fsp3) is 1.00. The molecule has 0 amide bonds. The van der Waals surface area contributed by atoms with Crippen LogP contribution in [-0.4, -0.2) is 30.4 Å². The van der Waals surface area contributed by atoms with Gasteiger partial charge in [0.2, 0.25) is 0 Å². The summed E-state index contributed by atoms with van der Waals surface area (Å²) in [5.41, 5.74) is 0. The molecule has 90 valence electrons. The van der Waals surface area contributed by atoms with Gasteiger partial charge in [-0.3, -0.25) is 0 Å². The van der Waals surface area contributed by atoms with Crippen LogP contribution in [0.25, 0.3) is 0 Å². The molecule has 2 heteroatoms. The summed E-state index contributed by atoms with van der Waals surface area (Å²) in [4.78, 5) is 2.57. The van der Waals surface area contributed by atoms with Gasteiger partial charge in [-0.25, -0.2) is 0 Å². The zero-order valence-corrected chi connectivity index (χ0v) is 11.1. The Bertz CT molecular complexity index is 153. The molecule has 1 saturated carbocycles. The lowest BCUT2D eigenvalue weighted by molar-refractivity contribution is 0.168. The van der Waals surface area contributed by atoms with E-state index in [2.05, 4.69) is 18.9 Å². The van der Waals surface area contributed by atoms with Crippen LogP contribution in [-0.2, 0) is 0 Å². The second-order valence-electron chi connectivity index (χ2n) is 5.14. The van der Waals surface area contributed by atoms with Crippen molar-refractivity contribution in [2.24, 2.45) is 5.92 Å². The van der Waals surface area contributed by atoms with Gasteiger partial charge in [0, 0.05) is 11.9 Å². The van der Waals surface area contributed by atoms with Crippen molar-refractivity contribution < 1.29 is 0 Å². The van der Waals surface area contributed by atoms with Gasteiger partial charge >= 0.3 is 0 Å². The van der Waals surface area contributed by atoms with Gasteiger partial charge in [0.15, 0.2) is 0 Å². The normalized spacial score (nSPS) is 27.2. The van der Waals surface area contributed by atoms with Gasteiger partial charge in [-0.1, -0.05) is 13.3 Å². The standard InChI is InChI=1S/C13H26ClN/c1-12-6-8-13(9-7-12)15(2)11-5-3-4-10-14/h12-13H,3-11H2,1-2H3. The molecule has 1 rings (SSSR count). The number of hydrogen-bond donors (Lipinski definition) is 0. The molecule has 0 bridgehead atoms. The third kappa shape index (κ3) is 5.21. The first-order valence-electron chi connectivity index (χ1n) is 6.50. The third-order valence-corrected chi connectivity index (χ3v) is 4.02. The van der Waals surface area contributed by atoms with Crippen LogP contribution in [0.4, 0.5) is 0 Å². The van der Waals surface area contributed by atoms with Gasteiger partial charge in [0.25, 0.3) is 0 Å². The molecule has 1 aliphatic carbocycles. The van der Waals surface area contributed by atoms with E-state index in [1.165, 1.54) is 51.5 Å². The van der Waals surface area contributed by atoms with Crippen LogP contribution >= 0.6 is 11.6 Å². The maximum atomic E-state index is 5.67. The highest BCUT2D eigenvalue weighted by Crippen LogP contribution is 2.26. The van der Waals surface area contributed by atoms with Gasteiger partial charge in [-0.05, 0) is 58.0 Å². The predicted molar refractivity (Wildman–Crippen MR) is 68.6 cm³/mol. The largest absolute Gasteiger partial charge is 0.303 e. The second kappa shape index (κ2) is 7.51. The molecular weight excluding hydrogens is 206 g/mol. The maximum Gasteiger partial charge on any atom is 0.0223 e. The van der Waals surface area contributed by atoms with Crippen molar-refractivity contribution in [3.05, 3.63) is 0 Å². The lowest BCUT2D eigenvalue weighted by atomic mass is 9.87. The summed E-state index contributed by atoms with van der Waals surface area (Å²) < 4.78 is 0. The Hall–Kier alpha value is 0.250. The molecule has 0 unspecified atom stereocenters. The number of rotatable bonds is 6. The quantitative estimate of drug-likeness (QED) is 0.495. The van der Waals surface area contributed by atoms with Crippen molar-refractivity contribution in [3.8, 4) is 0 Å². The molecule has 0 aromatic rings. The first-order chi connectivity index (χ1) is 7.24. The maximum absolute atomic E-state index is 5.67. The van der Waals surface area contributed by atoms with Crippen molar-refractivity contribution in [3.63, 3.8) is 0 Å². The molecule has 0 saturated heterocycles. The van der Waals surface area contributed by atoms with Crippen molar-refractivity contribution in [2.75, 3.05) is 19.5 Å². The predicted octanol–water partition coefficient (Wildman–Crippen LogP) is 3.91. The highest BCUT2D eigenvalue weighted by atomic mass is 35.5. The Balaban J connectivity index is 2.08. The average molecular weight is 232 g/mol. The molecule has 0 aliphatic heterocycles. The number of hydrogen-bond acceptors (Lipinski definition) is 1. The monoisotopic (exact) mass is 231 g/mol. The summed E-state index contributed by atoms with van der Waals surface area (Å²) in [6.07, 6.45) is 9.46. The fourth-order valence-corrected chi connectivity index (χ4v) is 2.69. The minimum Gasteiger partial charge on any atom is -0.303 e. The van der Waals surface area contributed by atoms with Gasteiger partial charge in [-0.2, -0.15) is 0 Å². The summed E-state index contributed by atoms with van der Waals surface area (Å²) in [6.45, 7) is 3.65.